The number of aryl methyl sites for hydroxylation is 3. The third-order valence-electron chi connectivity index (χ3n) is 4.08. The average molecular weight is 260 g/mol. The minimum Gasteiger partial charge on any atom is -0.327 e. The van der Waals surface area contributed by atoms with E-state index in [0.29, 0.717) is 0 Å². The Bertz CT molecular complexity index is 459. The van der Waals surface area contributed by atoms with Crippen molar-refractivity contribution in [3.63, 3.8) is 0 Å². The van der Waals surface area contributed by atoms with Gasteiger partial charge in [0.05, 0.1) is 5.92 Å². The van der Waals surface area contributed by atoms with Gasteiger partial charge in [-0.1, -0.05) is 30.5 Å². The predicted molar refractivity (Wildman–Crippen MR) is 79.2 cm³/mol. The highest BCUT2D eigenvalue weighted by atomic mass is 16.1. The Morgan fingerprint density at radius 2 is 1.74 bits per heavy atom. The van der Waals surface area contributed by atoms with Crippen LogP contribution in [0, 0.1) is 26.7 Å². The lowest BCUT2D eigenvalue weighted by molar-refractivity contribution is -0.121. The summed E-state index contributed by atoms with van der Waals surface area (Å²) in [6.45, 7) is 6.15. The highest BCUT2D eigenvalue weighted by Crippen LogP contribution is 2.27. The highest BCUT2D eigenvalue weighted by Gasteiger charge is 2.28. The lowest BCUT2D eigenvalue weighted by Gasteiger charge is -2.28. The van der Waals surface area contributed by atoms with E-state index < -0.39 is 0 Å². The van der Waals surface area contributed by atoms with Gasteiger partial charge in [0.15, 0.2) is 0 Å². The van der Waals surface area contributed by atoms with Crippen LogP contribution in [0.25, 0.3) is 0 Å². The Kier molecular flexibility index (Phi) is 4.25. The topological polar surface area (TPSA) is 55.1 Å². The average Bonchev–Trinajstić information content (AvgIpc) is 2.34. The van der Waals surface area contributed by atoms with Gasteiger partial charge in [0.25, 0.3) is 0 Å². The van der Waals surface area contributed by atoms with Gasteiger partial charge in [0, 0.05) is 11.7 Å². The van der Waals surface area contributed by atoms with E-state index in [9.17, 15) is 4.79 Å². The Morgan fingerprint density at radius 1 is 1.16 bits per heavy atom. The van der Waals surface area contributed by atoms with Gasteiger partial charge in [-0.15, -0.1) is 0 Å². The molecule has 104 valence electrons. The van der Waals surface area contributed by atoms with E-state index in [1.165, 1.54) is 5.56 Å². The first-order valence-corrected chi connectivity index (χ1v) is 7.13. The second-order valence-electron chi connectivity index (χ2n) is 5.82. The molecule has 0 aromatic heterocycles. The van der Waals surface area contributed by atoms with Crippen molar-refractivity contribution in [3.05, 3.63) is 28.8 Å². The van der Waals surface area contributed by atoms with Crippen molar-refractivity contribution in [1.29, 1.82) is 0 Å². The van der Waals surface area contributed by atoms with Crippen LogP contribution < -0.4 is 11.1 Å². The minimum absolute atomic E-state index is 0.0137. The Balaban J connectivity index is 2.14. The first-order valence-electron chi connectivity index (χ1n) is 7.13. The van der Waals surface area contributed by atoms with Gasteiger partial charge < -0.3 is 11.1 Å². The van der Waals surface area contributed by atoms with Crippen LogP contribution in [-0.4, -0.2) is 11.9 Å². The summed E-state index contributed by atoms with van der Waals surface area (Å²) in [7, 11) is 0. The van der Waals surface area contributed by atoms with Gasteiger partial charge in [-0.25, -0.2) is 0 Å². The van der Waals surface area contributed by atoms with Crippen molar-refractivity contribution in [2.75, 3.05) is 5.32 Å². The zero-order chi connectivity index (χ0) is 14.0. The van der Waals surface area contributed by atoms with Crippen molar-refractivity contribution >= 4 is 11.6 Å². The Hall–Kier alpha value is -1.35. The molecule has 1 amide bonds. The van der Waals surface area contributed by atoms with Gasteiger partial charge in [-0.2, -0.15) is 0 Å². The van der Waals surface area contributed by atoms with Gasteiger partial charge in [0.2, 0.25) is 5.91 Å². The van der Waals surface area contributed by atoms with Crippen molar-refractivity contribution in [2.45, 2.75) is 52.5 Å². The SMILES string of the molecule is Cc1cc(C)c(NC(=O)[C@@H]2CCCC[C@@H]2N)c(C)c1. The summed E-state index contributed by atoms with van der Waals surface area (Å²) in [5.41, 5.74) is 10.5. The molecule has 3 nitrogen and oxygen atoms in total. The van der Waals surface area contributed by atoms with E-state index in [-0.39, 0.29) is 17.9 Å². The van der Waals surface area contributed by atoms with E-state index in [4.69, 9.17) is 5.73 Å². The molecule has 1 fully saturated rings. The van der Waals surface area contributed by atoms with E-state index in [1.807, 2.05) is 13.8 Å². The molecular weight excluding hydrogens is 236 g/mol. The number of hydrogen-bond donors (Lipinski definition) is 2. The van der Waals surface area contributed by atoms with Crippen molar-refractivity contribution in [3.8, 4) is 0 Å². The Morgan fingerprint density at radius 3 is 2.32 bits per heavy atom. The molecule has 1 aromatic rings. The van der Waals surface area contributed by atoms with Crippen LogP contribution in [0.4, 0.5) is 5.69 Å². The molecule has 2 rings (SSSR count). The second kappa shape index (κ2) is 5.74. The number of amides is 1. The van der Waals surface area contributed by atoms with Crippen LogP contribution in [0.2, 0.25) is 0 Å². The number of anilines is 1. The summed E-state index contributed by atoms with van der Waals surface area (Å²) >= 11 is 0. The van der Waals surface area contributed by atoms with Crippen molar-refractivity contribution < 1.29 is 4.79 Å². The number of carbonyl (C=O) groups excluding carboxylic acids is 1. The predicted octanol–water partition coefficient (Wildman–Crippen LogP) is 3.07. The van der Waals surface area contributed by atoms with Crippen molar-refractivity contribution in [1.82, 2.24) is 0 Å². The standard InChI is InChI=1S/C16H24N2O/c1-10-8-11(2)15(12(3)9-10)18-16(19)13-6-4-5-7-14(13)17/h8-9,13-14H,4-7,17H2,1-3H3,(H,18,19)/t13-,14+/m1/s1. The molecule has 1 aliphatic carbocycles. The summed E-state index contributed by atoms with van der Waals surface area (Å²) in [6, 6.07) is 4.21. The number of hydrogen-bond acceptors (Lipinski definition) is 2. The first-order chi connectivity index (χ1) is 8.99. The third kappa shape index (κ3) is 3.16. The van der Waals surface area contributed by atoms with E-state index in [0.717, 1.165) is 42.5 Å². The van der Waals surface area contributed by atoms with Crippen LogP contribution in [0.15, 0.2) is 12.1 Å². The van der Waals surface area contributed by atoms with Gasteiger partial charge in [0.1, 0.15) is 0 Å². The number of rotatable bonds is 2. The molecule has 0 unspecified atom stereocenters. The normalized spacial score (nSPS) is 23.2. The molecule has 1 saturated carbocycles. The van der Waals surface area contributed by atoms with Gasteiger partial charge in [-0.3, -0.25) is 4.79 Å². The molecule has 1 aliphatic rings. The molecule has 3 N–H and O–H groups in total. The zero-order valence-corrected chi connectivity index (χ0v) is 12.1. The monoisotopic (exact) mass is 260 g/mol. The van der Waals surface area contributed by atoms with E-state index in [1.54, 1.807) is 0 Å². The molecular formula is C16H24N2O. The molecule has 19 heavy (non-hydrogen) atoms. The molecule has 0 spiro atoms. The number of benzene rings is 1. The highest BCUT2D eigenvalue weighted by molar-refractivity contribution is 5.94. The number of nitrogens with one attached hydrogen (secondary N) is 1. The maximum absolute atomic E-state index is 12.4. The van der Waals surface area contributed by atoms with Gasteiger partial charge >= 0.3 is 0 Å². The quantitative estimate of drug-likeness (QED) is 0.858. The van der Waals surface area contributed by atoms with Crippen LogP contribution >= 0.6 is 0 Å². The molecule has 2 atom stereocenters. The molecule has 0 radical (unpaired) electrons. The lowest BCUT2D eigenvalue weighted by Crippen LogP contribution is -2.40. The number of carbonyl (C=O) groups is 1. The van der Waals surface area contributed by atoms with Crippen LogP contribution in [0.3, 0.4) is 0 Å². The number of nitrogens with two attached hydrogens (primary N) is 1. The zero-order valence-electron chi connectivity index (χ0n) is 12.1. The smallest absolute Gasteiger partial charge is 0.229 e. The maximum Gasteiger partial charge on any atom is 0.229 e. The largest absolute Gasteiger partial charge is 0.327 e. The molecule has 0 aliphatic heterocycles. The van der Waals surface area contributed by atoms with Crippen LogP contribution in [0.1, 0.15) is 42.4 Å². The summed E-state index contributed by atoms with van der Waals surface area (Å²) in [6.07, 6.45) is 4.13. The van der Waals surface area contributed by atoms with Crippen LogP contribution in [0.5, 0.6) is 0 Å². The molecule has 0 heterocycles. The Labute approximate surface area is 115 Å². The third-order valence-corrected chi connectivity index (χ3v) is 4.08. The van der Waals surface area contributed by atoms with Crippen molar-refractivity contribution in [2.24, 2.45) is 11.7 Å². The summed E-state index contributed by atoms with van der Waals surface area (Å²) in [5, 5.41) is 3.09. The van der Waals surface area contributed by atoms with E-state index >= 15 is 0 Å². The summed E-state index contributed by atoms with van der Waals surface area (Å²) < 4.78 is 0. The van der Waals surface area contributed by atoms with Gasteiger partial charge in [-0.05, 0) is 44.7 Å². The fraction of sp³-hybridized carbons (Fsp3) is 0.562. The molecule has 0 bridgehead atoms. The first kappa shape index (κ1) is 14.1. The maximum atomic E-state index is 12.4. The molecule has 0 saturated heterocycles. The molecule has 1 aromatic carbocycles. The minimum atomic E-state index is -0.0335. The summed E-state index contributed by atoms with van der Waals surface area (Å²) in [4.78, 5) is 12.4. The molecule has 3 heteroatoms. The fourth-order valence-electron chi connectivity index (χ4n) is 3.08. The summed E-state index contributed by atoms with van der Waals surface area (Å²) in [5.74, 6) is 0.0520. The van der Waals surface area contributed by atoms with E-state index in [2.05, 4.69) is 24.4 Å². The lowest BCUT2D eigenvalue weighted by atomic mass is 9.84. The van der Waals surface area contributed by atoms with Crippen LogP contribution in [-0.2, 0) is 4.79 Å². The second-order valence-corrected chi connectivity index (χ2v) is 5.82. The fourth-order valence-corrected chi connectivity index (χ4v) is 3.08.